The monoisotopic (exact) mass is 357 g/mol. The molecule has 0 bridgehead atoms. The van der Waals surface area contributed by atoms with Crippen LogP contribution >= 0.6 is 11.8 Å². The molecular formula is C20H23NO3S. The minimum atomic E-state index is -0.385. The summed E-state index contributed by atoms with van der Waals surface area (Å²) in [4.78, 5) is 24.3. The number of aryl methyl sites for hydroxylation is 1. The minimum absolute atomic E-state index is 0.0787. The van der Waals surface area contributed by atoms with Gasteiger partial charge in [0.05, 0.1) is 17.4 Å². The number of nitrogens with one attached hydrogen (secondary N) is 1. The number of hydrogen-bond donors (Lipinski definition) is 1. The molecule has 0 aliphatic heterocycles. The highest BCUT2D eigenvalue weighted by atomic mass is 32.2. The molecule has 1 amide bonds. The van der Waals surface area contributed by atoms with Gasteiger partial charge in [-0.3, -0.25) is 4.79 Å². The number of hydrogen-bond acceptors (Lipinski definition) is 4. The average Bonchev–Trinajstić information content (AvgIpc) is 2.62. The first-order valence-electron chi connectivity index (χ1n) is 8.25. The fourth-order valence-electron chi connectivity index (χ4n) is 2.20. The molecule has 2 aromatic carbocycles. The maximum atomic E-state index is 12.4. The smallest absolute Gasteiger partial charge is 0.338 e. The molecule has 25 heavy (non-hydrogen) atoms. The van der Waals surface area contributed by atoms with E-state index >= 15 is 0 Å². The van der Waals surface area contributed by atoms with Gasteiger partial charge in [0.2, 0.25) is 5.91 Å². The lowest BCUT2D eigenvalue weighted by Gasteiger charge is -2.14. The summed E-state index contributed by atoms with van der Waals surface area (Å²) in [5.74, 6) is 0.312. The molecule has 1 atom stereocenters. The van der Waals surface area contributed by atoms with E-state index in [2.05, 4.69) is 5.32 Å². The maximum Gasteiger partial charge on any atom is 0.338 e. The molecule has 0 radical (unpaired) electrons. The Morgan fingerprint density at radius 2 is 1.88 bits per heavy atom. The number of carbonyl (C=O) groups excluding carboxylic acids is 2. The van der Waals surface area contributed by atoms with E-state index in [1.54, 1.807) is 30.8 Å². The van der Waals surface area contributed by atoms with Crippen molar-refractivity contribution in [1.29, 1.82) is 0 Å². The molecule has 1 N–H and O–H groups in total. The lowest BCUT2D eigenvalue weighted by Crippen LogP contribution is -2.23. The lowest BCUT2D eigenvalue weighted by atomic mass is 10.1. The summed E-state index contributed by atoms with van der Waals surface area (Å²) in [6.07, 6.45) is 0. The molecule has 0 heterocycles. The second-order valence-electron chi connectivity index (χ2n) is 5.68. The summed E-state index contributed by atoms with van der Waals surface area (Å²) in [6.45, 7) is 5.86. The van der Waals surface area contributed by atoms with Crippen LogP contribution in [0.15, 0.2) is 48.5 Å². The third kappa shape index (κ3) is 5.64. The molecular weight excluding hydrogens is 334 g/mol. The summed E-state index contributed by atoms with van der Waals surface area (Å²) < 4.78 is 5.01. The Hall–Kier alpha value is -2.27. The molecule has 0 saturated carbocycles. The number of benzene rings is 2. The number of esters is 1. The van der Waals surface area contributed by atoms with Gasteiger partial charge in [0.25, 0.3) is 0 Å². The molecule has 0 aliphatic rings. The quantitative estimate of drug-likeness (QED) is 0.745. The first-order valence-corrected chi connectivity index (χ1v) is 9.30. The van der Waals surface area contributed by atoms with Gasteiger partial charge < -0.3 is 10.1 Å². The van der Waals surface area contributed by atoms with E-state index in [9.17, 15) is 9.59 Å². The van der Waals surface area contributed by atoms with Crippen molar-refractivity contribution >= 4 is 29.3 Å². The van der Waals surface area contributed by atoms with Crippen molar-refractivity contribution in [3.8, 4) is 0 Å². The third-order valence-corrected chi connectivity index (χ3v) is 4.93. The highest BCUT2D eigenvalue weighted by Gasteiger charge is 2.16. The zero-order valence-corrected chi connectivity index (χ0v) is 15.6. The molecule has 0 saturated heterocycles. The molecule has 2 aromatic rings. The predicted molar refractivity (Wildman–Crippen MR) is 103 cm³/mol. The Morgan fingerprint density at radius 3 is 2.56 bits per heavy atom. The van der Waals surface area contributed by atoms with Crippen molar-refractivity contribution in [2.24, 2.45) is 0 Å². The van der Waals surface area contributed by atoms with Gasteiger partial charge in [-0.1, -0.05) is 36.4 Å². The van der Waals surface area contributed by atoms with Gasteiger partial charge in [0, 0.05) is 11.4 Å². The molecule has 5 heteroatoms. The van der Waals surface area contributed by atoms with Crippen molar-refractivity contribution < 1.29 is 14.3 Å². The van der Waals surface area contributed by atoms with Crippen LogP contribution < -0.4 is 5.32 Å². The maximum absolute atomic E-state index is 12.4. The average molecular weight is 357 g/mol. The van der Waals surface area contributed by atoms with Crippen molar-refractivity contribution in [2.45, 2.75) is 31.8 Å². The van der Waals surface area contributed by atoms with Crippen LogP contribution in [0.4, 0.5) is 5.69 Å². The molecule has 2 rings (SSSR count). The van der Waals surface area contributed by atoms with Crippen LogP contribution in [0.25, 0.3) is 0 Å². The van der Waals surface area contributed by atoms with Crippen molar-refractivity contribution in [3.63, 3.8) is 0 Å². The standard InChI is InChI=1S/C20H23NO3S/c1-4-24-20(23)17-11-10-14(2)18(12-17)21-19(22)15(3)25-13-16-8-6-5-7-9-16/h5-12,15H,4,13H2,1-3H3,(H,21,22). The van der Waals surface area contributed by atoms with Crippen LogP contribution in [0.5, 0.6) is 0 Å². The molecule has 4 nitrogen and oxygen atoms in total. The van der Waals surface area contributed by atoms with E-state index in [4.69, 9.17) is 4.74 Å². The van der Waals surface area contributed by atoms with Crippen molar-refractivity contribution in [3.05, 3.63) is 65.2 Å². The van der Waals surface area contributed by atoms with Crippen molar-refractivity contribution in [2.75, 3.05) is 11.9 Å². The highest BCUT2D eigenvalue weighted by molar-refractivity contribution is 7.99. The fourth-order valence-corrected chi connectivity index (χ4v) is 3.05. The number of ether oxygens (including phenoxy) is 1. The Balaban J connectivity index is 1.99. The summed E-state index contributed by atoms with van der Waals surface area (Å²) >= 11 is 1.58. The Bertz CT molecular complexity index is 731. The number of amides is 1. The third-order valence-electron chi connectivity index (χ3n) is 3.72. The number of thioether (sulfide) groups is 1. The lowest BCUT2D eigenvalue weighted by molar-refractivity contribution is -0.115. The first kappa shape index (κ1) is 19.1. The molecule has 0 spiro atoms. The van der Waals surface area contributed by atoms with E-state index < -0.39 is 0 Å². The van der Waals surface area contributed by atoms with Crippen LogP contribution in [-0.4, -0.2) is 23.7 Å². The molecule has 0 aliphatic carbocycles. The second kappa shape index (κ2) is 9.28. The van der Waals surface area contributed by atoms with E-state index in [0.717, 1.165) is 11.3 Å². The highest BCUT2D eigenvalue weighted by Crippen LogP contribution is 2.22. The molecule has 0 fully saturated rings. The summed E-state index contributed by atoms with van der Waals surface area (Å²) in [5, 5.41) is 2.71. The normalized spacial score (nSPS) is 11.6. The summed E-state index contributed by atoms with van der Waals surface area (Å²) in [5.41, 5.74) is 3.17. The summed E-state index contributed by atoms with van der Waals surface area (Å²) in [7, 11) is 0. The van der Waals surface area contributed by atoms with Gasteiger partial charge in [-0.2, -0.15) is 0 Å². The van der Waals surface area contributed by atoms with Crippen LogP contribution in [0.1, 0.15) is 35.3 Å². The van der Waals surface area contributed by atoms with E-state index in [1.165, 1.54) is 5.56 Å². The van der Waals surface area contributed by atoms with Gasteiger partial charge in [-0.25, -0.2) is 4.79 Å². The molecule has 1 unspecified atom stereocenters. The first-order chi connectivity index (χ1) is 12.0. The van der Waals surface area contributed by atoms with Gasteiger partial charge in [-0.15, -0.1) is 11.8 Å². The Labute approximate surface area is 153 Å². The van der Waals surface area contributed by atoms with E-state index in [0.29, 0.717) is 17.9 Å². The zero-order valence-electron chi connectivity index (χ0n) is 14.7. The van der Waals surface area contributed by atoms with Gasteiger partial charge in [-0.05, 0) is 44.0 Å². The number of anilines is 1. The Kier molecular flexibility index (Phi) is 7.07. The zero-order chi connectivity index (χ0) is 18.2. The second-order valence-corrected chi connectivity index (χ2v) is 7.01. The topological polar surface area (TPSA) is 55.4 Å². The molecule has 132 valence electrons. The van der Waals surface area contributed by atoms with Crippen molar-refractivity contribution in [1.82, 2.24) is 0 Å². The number of carbonyl (C=O) groups is 2. The largest absolute Gasteiger partial charge is 0.462 e. The summed E-state index contributed by atoms with van der Waals surface area (Å²) in [6, 6.07) is 15.2. The fraction of sp³-hybridized carbons (Fsp3) is 0.300. The number of rotatable bonds is 7. The van der Waals surface area contributed by atoms with Crippen LogP contribution in [0.3, 0.4) is 0 Å². The van der Waals surface area contributed by atoms with Crippen LogP contribution in [0, 0.1) is 6.92 Å². The van der Waals surface area contributed by atoms with E-state index in [-0.39, 0.29) is 17.1 Å². The molecule has 0 aromatic heterocycles. The Morgan fingerprint density at radius 1 is 1.16 bits per heavy atom. The van der Waals surface area contributed by atoms with Gasteiger partial charge >= 0.3 is 5.97 Å². The van der Waals surface area contributed by atoms with Gasteiger partial charge in [0.1, 0.15) is 0 Å². The van der Waals surface area contributed by atoms with E-state index in [1.807, 2.05) is 50.2 Å². The predicted octanol–water partition coefficient (Wildman–Crippen LogP) is 4.43. The minimum Gasteiger partial charge on any atom is -0.462 e. The van der Waals surface area contributed by atoms with Crippen LogP contribution in [0.2, 0.25) is 0 Å². The van der Waals surface area contributed by atoms with Gasteiger partial charge in [0.15, 0.2) is 0 Å². The SMILES string of the molecule is CCOC(=O)c1ccc(C)c(NC(=O)C(C)SCc2ccccc2)c1. The van der Waals surface area contributed by atoms with Crippen LogP contribution in [-0.2, 0) is 15.3 Å².